The second-order valence-electron chi connectivity index (χ2n) is 5.24. The minimum Gasteiger partial charge on any atom is -0.464 e. The van der Waals surface area contributed by atoms with Crippen molar-refractivity contribution in [2.45, 2.75) is 39.2 Å². The second-order valence-corrected chi connectivity index (χ2v) is 6.32. The third-order valence-electron chi connectivity index (χ3n) is 2.25. The Morgan fingerprint density at radius 3 is 2.57 bits per heavy atom. The normalized spacial score (nSPS) is 11.1. The van der Waals surface area contributed by atoms with Gasteiger partial charge in [-0.25, -0.2) is 14.6 Å². The predicted octanol–water partition coefficient (Wildman–Crippen LogP) is 2.20. The monoisotopic (exact) mass is 316 g/mol. The van der Waals surface area contributed by atoms with Crippen molar-refractivity contribution in [2.24, 2.45) is 0 Å². The Kier molecular flexibility index (Phi) is 6.10. The van der Waals surface area contributed by atoms with Gasteiger partial charge < -0.3 is 14.6 Å². The molecule has 1 heterocycles. The van der Waals surface area contributed by atoms with Crippen LogP contribution in [0.2, 0.25) is 0 Å². The molecule has 21 heavy (non-hydrogen) atoms. The molecule has 0 aromatic carbocycles. The number of aliphatic hydroxyl groups is 1. The number of nitrogens with one attached hydrogen (secondary N) is 1. The van der Waals surface area contributed by atoms with Gasteiger partial charge in [0.15, 0.2) is 10.8 Å². The number of carbonyl (C=O) groups is 2. The molecular formula is C13H20N2O5S. The van der Waals surface area contributed by atoms with E-state index in [1.807, 2.05) is 0 Å². The van der Waals surface area contributed by atoms with Crippen molar-refractivity contribution in [3.8, 4) is 0 Å². The van der Waals surface area contributed by atoms with E-state index >= 15 is 0 Å². The highest BCUT2D eigenvalue weighted by Gasteiger charge is 2.21. The minimum atomic E-state index is -0.638. The largest absolute Gasteiger partial charge is 0.464 e. The highest BCUT2D eigenvalue weighted by Crippen LogP contribution is 2.25. The summed E-state index contributed by atoms with van der Waals surface area (Å²) in [4.78, 5) is 28.0. The molecule has 1 rings (SSSR count). The number of carbonyl (C=O) groups excluding carboxylic acids is 2. The summed E-state index contributed by atoms with van der Waals surface area (Å²) in [6.45, 7) is 5.26. The van der Waals surface area contributed by atoms with Crippen LogP contribution in [-0.4, -0.2) is 41.5 Å². The zero-order valence-corrected chi connectivity index (χ0v) is 13.4. The number of rotatable bonds is 5. The minimum absolute atomic E-state index is 0.00728. The standard InChI is InChI=1S/C13H20N2O5S/c1-13(2,3)20-12(18)15-11-14-9(10(17)19-4)8(21-11)6-5-7-16/h16H,5-7H2,1-4H3,(H,14,15,18). The van der Waals surface area contributed by atoms with Crippen LogP contribution in [0, 0.1) is 0 Å². The van der Waals surface area contributed by atoms with E-state index in [2.05, 4.69) is 15.0 Å². The number of hydrogen-bond acceptors (Lipinski definition) is 7. The summed E-state index contributed by atoms with van der Waals surface area (Å²) >= 11 is 1.16. The molecule has 2 N–H and O–H groups in total. The Hall–Kier alpha value is -1.67. The Labute approximate surface area is 127 Å². The Morgan fingerprint density at radius 2 is 2.05 bits per heavy atom. The number of anilines is 1. The van der Waals surface area contributed by atoms with Gasteiger partial charge in [0.25, 0.3) is 0 Å². The first-order chi connectivity index (χ1) is 9.76. The van der Waals surface area contributed by atoms with Crippen LogP contribution in [0.3, 0.4) is 0 Å². The summed E-state index contributed by atoms with van der Waals surface area (Å²) in [6.07, 6.45) is 0.341. The fraction of sp³-hybridized carbons (Fsp3) is 0.615. The van der Waals surface area contributed by atoms with Crippen molar-refractivity contribution >= 4 is 28.5 Å². The highest BCUT2D eigenvalue weighted by molar-refractivity contribution is 7.16. The van der Waals surface area contributed by atoms with Crippen LogP contribution in [0.5, 0.6) is 0 Å². The molecule has 0 saturated heterocycles. The highest BCUT2D eigenvalue weighted by atomic mass is 32.1. The summed E-state index contributed by atoms with van der Waals surface area (Å²) < 4.78 is 9.77. The molecule has 7 nitrogen and oxygen atoms in total. The van der Waals surface area contributed by atoms with Gasteiger partial charge in [-0.05, 0) is 33.6 Å². The molecular weight excluding hydrogens is 296 g/mol. The van der Waals surface area contributed by atoms with Gasteiger partial charge in [0.05, 0.1) is 7.11 Å². The third kappa shape index (κ3) is 5.68. The molecule has 8 heteroatoms. The van der Waals surface area contributed by atoms with E-state index in [0.717, 1.165) is 11.3 Å². The van der Waals surface area contributed by atoms with Gasteiger partial charge in [-0.3, -0.25) is 5.32 Å². The maximum absolute atomic E-state index is 11.7. The zero-order valence-electron chi connectivity index (χ0n) is 12.6. The molecule has 118 valence electrons. The van der Waals surface area contributed by atoms with Crippen LogP contribution in [0.1, 0.15) is 42.6 Å². The van der Waals surface area contributed by atoms with E-state index in [9.17, 15) is 9.59 Å². The topological polar surface area (TPSA) is 97.8 Å². The van der Waals surface area contributed by atoms with E-state index in [0.29, 0.717) is 17.7 Å². The molecule has 0 unspecified atom stereocenters. The first-order valence-electron chi connectivity index (χ1n) is 6.45. The van der Waals surface area contributed by atoms with Crippen LogP contribution < -0.4 is 5.32 Å². The first-order valence-corrected chi connectivity index (χ1v) is 7.27. The number of aromatic nitrogens is 1. The molecule has 0 aliphatic rings. The predicted molar refractivity (Wildman–Crippen MR) is 78.7 cm³/mol. The van der Waals surface area contributed by atoms with Crippen molar-refractivity contribution in [3.05, 3.63) is 10.6 Å². The molecule has 0 radical (unpaired) electrons. The molecule has 0 fully saturated rings. The average Bonchev–Trinajstić information content (AvgIpc) is 2.75. The number of thiazole rings is 1. The first kappa shape index (κ1) is 17.4. The number of aryl methyl sites for hydroxylation is 1. The van der Waals surface area contributed by atoms with Crippen molar-refractivity contribution in [1.29, 1.82) is 0 Å². The lowest BCUT2D eigenvalue weighted by Gasteiger charge is -2.18. The number of aliphatic hydroxyl groups excluding tert-OH is 1. The number of amides is 1. The molecule has 0 bridgehead atoms. The maximum Gasteiger partial charge on any atom is 0.413 e. The smallest absolute Gasteiger partial charge is 0.413 e. The maximum atomic E-state index is 11.7. The van der Waals surface area contributed by atoms with Crippen LogP contribution in [0.25, 0.3) is 0 Å². The lowest BCUT2D eigenvalue weighted by molar-refractivity contribution is 0.0589. The zero-order chi connectivity index (χ0) is 16.0. The van der Waals surface area contributed by atoms with Gasteiger partial charge in [-0.2, -0.15) is 0 Å². The lowest BCUT2D eigenvalue weighted by Crippen LogP contribution is -2.27. The van der Waals surface area contributed by atoms with Gasteiger partial charge in [0.2, 0.25) is 0 Å². The van der Waals surface area contributed by atoms with E-state index in [1.165, 1.54) is 7.11 Å². The van der Waals surface area contributed by atoms with Crippen LogP contribution in [-0.2, 0) is 15.9 Å². The van der Waals surface area contributed by atoms with E-state index < -0.39 is 17.7 Å². The molecule has 1 amide bonds. The van der Waals surface area contributed by atoms with Gasteiger partial charge >= 0.3 is 12.1 Å². The molecule has 0 atom stereocenters. The van der Waals surface area contributed by atoms with E-state index in [1.54, 1.807) is 20.8 Å². The van der Waals surface area contributed by atoms with Crippen molar-refractivity contribution in [3.63, 3.8) is 0 Å². The van der Waals surface area contributed by atoms with Crippen LogP contribution in [0.4, 0.5) is 9.93 Å². The average molecular weight is 316 g/mol. The van der Waals surface area contributed by atoms with Crippen LogP contribution in [0.15, 0.2) is 0 Å². The van der Waals surface area contributed by atoms with Gasteiger partial charge in [0, 0.05) is 11.5 Å². The van der Waals surface area contributed by atoms with E-state index in [-0.39, 0.29) is 17.4 Å². The molecule has 0 aliphatic carbocycles. The quantitative estimate of drug-likeness (QED) is 0.808. The third-order valence-corrected chi connectivity index (χ3v) is 3.28. The Morgan fingerprint density at radius 1 is 1.38 bits per heavy atom. The van der Waals surface area contributed by atoms with Crippen molar-refractivity contribution in [1.82, 2.24) is 4.98 Å². The summed E-state index contributed by atoms with van der Waals surface area (Å²) in [6, 6.07) is 0. The Bertz CT molecular complexity index is 507. The lowest BCUT2D eigenvalue weighted by atomic mass is 10.2. The summed E-state index contributed by atoms with van der Waals surface area (Å²) in [7, 11) is 1.26. The summed E-state index contributed by atoms with van der Waals surface area (Å²) in [5, 5.41) is 11.6. The Balaban J connectivity index is 2.86. The molecule has 0 spiro atoms. The number of esters is 1. The van der Waals surface area contributed by atoms with Gasteiger partial charge in [-0.1, -0.05) is 0 Å². The van der Waals surface area contributed by atoms with Gasteiger partial charge in [0.1, 0.15) is 5.60 Å². The SMILES string of the molecule is COC(=O)c1nc(NC(=O)OC(C)(C)C)sc1CCCO. The molecule has 1 aromatic heterocycles. The molecule has 1 aromatic rings. The van der Waals surface area contributed by atoms with E-state index in [4.69, 9.17) is 9.84 Å². The van der Waals surface area contributed by atoms with Gasteiger partial charge in [-0.15, -0.1) is 11.3 Å². The fourth-order valence-electron chi connectivity index (χ4n) is 1.46. The van der Waals surface area contributed by atoms with Crippen molar-refractivity contribution in [2.75, 3.05) is 19.0 Å². The fourth-order valence-corrected chi connectivity index (χ4v) is 2.44. The van der Waals surface area contributed by atoms with Crippen LogP contribution >= 0.6 is 11.3 Å². The summed E-state index contributed by atoms with van der Waals surface area (Å²) in [5.41, 5.74) is -0.464. The molecule has 0 aliphatic heterocycles. The number of methoxy groups -OCH3 is 1. The second kappa shape index (κ2) is 7.37. The molecule has 0 saturated carbocycles. The number of nitrogens with zero attached hydrogens (tertiary/aromatic N) is 1. The number of hydrogen-bond donors (Lipinski definition) is 2. The van der Waals surface area contributed by atoms with Crippen molar-refractivity contribution < 1.29 is 24.2 Å². The number of ether oxygens (including phenoxy) is 2. The summed E-state index contributed by atoms with van der Waals surface area (Å²) in [5.74, 6) is -0.573.